The Balaban J connectivity index is 1.80. The van der Waals surface area contributed by atoms with Crippen molar-refractivity contribution in [2.45, 2.75) is 44.2 Å². The highest BCUT2D eigenvalue weighted by molar-refractivity contribution is 5.79. The third-order valence-corrected chi connectivity index (χ3v) is 3.23. The quantitative estimate of drug-likeness (QED) is 0.703. The van der Waals surface area contributed by atoms with Gasteiger partial charge in [0.1, 0.15) is 0 Å². The van der Waals surface area contributed by atoms with Crippen LogP contribution >= 0.6 is 0 Å². The fourth-order valence-electron chi connectivity index (χ4n) is 2.20. The molecule has 0 aromatic heterocycles. The van der Waals surface area contributed by atoms with Crippen LogP contribution in [0.3, 0.4) is 0 Å². The minimum atomic E-state index is -0.820. The van der Waals surface area contributed by atoms with Crippen molar-refractivity contribution in [3.63, 3.8) is 0 Å². The Morgan fingerprint density at radius 3 is 2.69 bits per heavy atom. The molecule has 1 saturated carbocycles. The molecule has 2 fully saturated rings. The van der Waals surface area contributed by atoms with Crippen LogP contribution in [-0.2, 0) is 9.59 Å². The number of likely N-dealkylation sites (tertiary alicyclic amines) is 1. The van der Waals surface area contributed by atoms with Crippen molar-refractivity contribution in [1.29, 1.82) is 0 Å². The van der Waals surface area contributed by atoms with Crippen LogP contribution < -0.4 is 5.32 Å². The first-order valence-electron chi connectivity index (χ1n) is 5.91. The van der Waals surface area contributed by atoms with Gasteiger partial charge < -0.3 is 15.3 Å². The molecule has 1 aliphatic carbocycles. The number of carboxylic acids is 1. The van der Waals surface area contributed by atoms with Crippen LogP contribution in [0.4, 0.5) is 0 Å². The summed E-state index contributed by atoms with van der Waals surface area (Å²) in [6.07, 6.45) is 4.14. The third kappa shape index (κ3) is 2.95. The van der Waals surface area contributed by atoms with Crippen molar-refractivity contribution in [2.24, 2.45) is 0 Å². The zero-order valence-electron chi connectivity index (χ0n) is 9.32. The van der Waals surface area contributed by atoms with E-state index in [1.165, 1.54) is 0 Å². The standard InChI is InChI=1S/C11H18N2O3/c14-10(7-12-8-3-4-8)13-5-1-2-9(13)6-11(15)16/h8-9,12H,1-7H2,(H,15,16). The molecule has 0 radical (unpaired) electrons. The average molecular weight is 226 g/mol. The highest BCUT2D eigenvalue weighted by Crippen LogP contribution is 2.21. The topological polar surface area (TPSA) is 69.6 Å². The number of hydrogen-bond donors (Lipinski definition) is 2. The van der Waals surface area contributed by atoms with Gasteiger partial charge in [-0.3, -0.25) is 9.59 Å². The number of rotatable bonds is 5. The van der Waals surface area contributed by atoms with Crippen LogP contribution in [-0.4, -0.2) is 47.1 Å². The Morgan fingerprint density at radius 2 is 2.06 bits per heavy atom. The Hall–Kier alpha value is -1.10. The normalized spacial score (nSPS) is 24.8. The second-order valence-electron chi connectivity index (χ2n) is 4.64. The number of aliphatic carboxylic acids is 1. The van der Waals surface area contributed by atoms with E-state index >= 15 is 0 Å². The number of hydrogen-bond acceptors (Lipinski definition) is 3. The van der Waals surface area contributed by atoms with E-state index in [0.29, 0.717) is 19.1 Å². The minimum Gasteiger partial charge on any atom is -0.481 e. The lowest BCUT2D eigenvalue weighted by Crippen LogP contribution is -2.42. The predicted octanol–water partition coefficient (Wildman–Crippen LogP) is 0.204. The van der Waals surface area contributed by atoms with Crippen molar-refractivity contribution in [2.75, 3.05) is 13.1 Å². The lowest BCUT2D eigenvalue weighted by atomic mass is 10.1. The van der Waals surface area contributed by atoms with E-state index in [-0.39, 0.29) is 18.4 Å². The van der Waals surface area contributed by atoms with Crippen LogP contribution in [0.5, 0.6) is 0 Å². The maximum Gasteiger partial charge on any atom is 0.305 e. The molecule has 1 aliphatic heterocycles. The molecule has 2 N–H and O–H groups in total. The third-order valence-electron chi connectivity index (χ3n) is 3.23. The summed E-state index contributed by atoms with van der Waals surface area (Å²) in [5, 5.41) is 11.9. The number of nitrogens with zero attached hydrogens (tertiary/aromatic N) is 1. The first-order chi connectivity index (χ1) is 7.66. The first-order valence-corrected chi connectivity index (χ1v) is 5.91. The van der Waals surface area contributed by atoms with Crippen LogP contribution in [0.15, 0.2) is 0 Å². The summed E-state index contributed by atoms with van der Waals surface area (Å²) in [4.78, 5) is 24.2. The summed E-state index contributed by atoms with van der Waals surface area (Å²) in [6, 6.07) is 0.426. The van der Waals surface area contributed by atoms with Gasteiger partial charge in [-0.15, -0.1) is 0 Å². The van der Waals surface area contributed by atoms with E-state index in [1.54, 1.807) is 4.90 Å². The van der Waals surface area contributed by atoms with Gasteiger partial charge in [-0.1, -0.05) is 0 Å². The second kappa shape index (κ2) is 4.82. The van der Waals surface area contributed by atoms with Gasteiger partial charge in [0.05, 0.1) is 13.0 Å². The van der Waals surface area contributed by atoms with Crippen LogP contribution in [0, 0.1) is 0 Å². The molecule has 1 heterocycles. The van der Waals surface area contributed by atoms with E-state index in [2.05, 4.69) is 5.32 Å². The Morgan fingerprint density at radius 1 is 1.31 bits per heavy atom. The fourth-order valence-corrected chi connectivity index (χ4v) is 2.20. The molecule has 1 saturated heterocycles. The average Bonchev–Trinajstić information content (AvgIpc) is 2.94. The SMILES string of the molecule is O=C(O)CC1CCCN1C(=O)CNC1CC1. The first kappa shape index (κ1) is 11.4. The lowest BCUT2D eigenvalue weighted by Gasteiger charge is -2.23. The Kier molecular flexibility index (Phi) is 3.43. The number of carbonyl (C=O) groups is 2. The van der Waals surface area contributed by atoms with Gasteiger partial charge in [-0.25, -0.2) is 0 Å². The van der Waals surface area contributed by atoms with Gasteiger partial charge in [-0.2, -0.15) is 0 Å². The minimum absolute atomic E-state index is 0.0515. The van der Waals surface area contributed by atoms with Crippen LogP contribution in [0.2, 0.25) is 0 Å². The summed E-state index contributed by atoms with van der Waals surface area (Å²) in [6.45, 7) is 1.07. The largest absolute Gasteiger partial charge is 0.481 e. The molecule has 0 aromatic carbocycles. The molecule has 16 heavy (non-hydrogen) atoms. The molecule has 0 spiro atoms. The van der Waals surface area contributed by atoms with Crippen molar-refractivity contribution < 1.29 is 14.7 Å². The number of carbonyl (C=O) groups excluding carboxylic acids is 1. The molecular weight excluding hydrogens is 208 g/mol. The van der Waals surface area contributed by atoms with Gasteiger partial charge in [0.25, 0.3) is 0 Å². The van der Waals surface area contributed by atoms with Gasteiger partial charge in [0.2, 0.25) is 5.91 Å². The smallest absolute Gasteiger partial charge is 0.305 e. The van der Waals surface area contributed by atoms with E-state index < -0.39 is 5.97 Å². The highest BCUT2D eigenvalue weighted by atomic mass is 16.4. The van der Waals surface area contributed by atoms with E-state index in [9.17, 15) is 9.59 Å². The zero-order valence-corrected chi connectivity index (χ0v) is 9.32. The zero-order chi connectivity index (χ0) is 11.5. The summed E-state index contributed by atoms with van der Waals surface area (Å²) < 4.78 is 0. The van der Waals surface area contributed by atoms with E-state index in [4.69, 9.17) is 5.11 Å². The fraction of sp³-hybridized carbons (Fsp3) is 0.818. The highest BCUT2D eigenvalue weighted by Gasteiger charge is 2.31. The van der Waals surface area contributed by atoms with Crippen molar-refractivity contribution in [3.05, 3.63) is 0 Å². The molecule has 1 atom stereocenters. The van der Waals surface area contributed by atoms with Crippen molar-refractivity contribution >= 4 is 11.9 Å². The van der Waals surface area contributed by atoms with Crippen LogP contribution in [0.1, 0.15) is 32.1 Å². The van der Waals surface area contributed by atoms with E-state index in [0.717, 1.165) is 25.7 Å². The summed E-state index contributed by atoms with van der Waals surface area (Å²) in [7, 11) is 0. The maximum atomic E-state index is 11.8. The molecule has 2 aliphatic rings. The molecular formula is C11H18N2O3. The van der Waals surface area contributed by atoms with Gasteiger partial charge in [-0.05, 0) is 25.7 Å². The second-order valence-corrected chi connectivity index (χ2v) is 4.64. The number of amides is 1. The van der Waals surface area contributed by atoms with Crippen molar-refractivity contribution in [1.82, 2.24) is 10.2 Å². The molecule has 0 bridgehead atoms. The summed E-state index contributed by atoms with van der Waals surface area (Å²) in [5.74, 6) is -0.768. The Labute approximate surface area is 94.8 Å². The molecule has 1 amide bonds. The summed E-state index contributed by atoms with van der Waals surface area (Å²) in [5.41, 5.74) is 0. The molecule has 5 heteroatoms. The van der Waals surface area contributed by atoms with Gasteiger partial charge >= 0.3 is 5.97 Å². The monoisotopic (exact) mass is 226 g/mol. The molecule has 2 rings (SSSR count). The predicted molar refractivity (Wildman–Crippen MR) is 58.0 cm³/mol. The van der Waals surface area contributed by atoms with E-state index in [1.807, 2.05) is 0 Å². The number of carboxylic acid groups (broad SMARTS) is 1. The van der Waals surface area contributed by atoms with Crippen LogP contribution in [0.25, 0.3) is 0 Å². The number of nitrogens with one attached hydrogen (secondary N) is 1. The molecule has 0 aromatic rings. The maximum absolute atomic E-state index is 11.8. The van der Waals surface area contributed by atoms with Gasteiger partial charge in [0.15, 0.2) is 0 Å². The Bertz CT molecular complexity index is 289. The summed E-state index contributed by atoms with van der Waals surface area (Å²) >= 11 is 0. The van der Waals surface area contributed by atoms with Gasteiger partial charge in [0, 0.05) is 18.6 Å². The molecule has 1 unspecified atom stereocenters. The van der Waals surface area contributed by atoms with Crippen molar-refractivity contribution in [3.8, 4) is 0 Å². The lowest BCUT2D eigenvalue weighted by molar-refractivity contribution is -0.139. The molecule has 90 valence electrons. The molecule has 5 nitrogen and oxygen atoms in total.